The molecule has 3 heteroatoms. The molecule has 0 bridgehead atoms. The Kier molecular flexibility index (Phi) is 6.96. The van der Waals surface area contributed by atoms with Crippen LogP contribution in [0.25, 0.3) is 0 Å². The van der Waals surface area contributed by atoms with Crippen LogP contribution in [0.2, 0.25) is 0 Å². The highest BCUT2D eigenvalue weighted by molar-refractivity contribution is 8.13. The molecule has 0 aliphatic carbocycles. The summed E-state index contributed by atoms with van der Waals surface area (Å²) >= 11 is 3.36. The second kappa shape index (κ2) is 6.77. The van der Waals surface area contributed by atoms with E-state index in [4.69, 9.17) is 0 Å². The van der Waals surface area contributed by atoms with Crippen molar-refractivity contribution in [2.75, 3.05) is 17.8 Å². The summed E-state index contributed by atoms with van der Waals surface area (Å²) in [5, 5.41) is 0.316. The molecule has 0 amide bonds. The number of rotatable bonds is 5. The van der Waals surface area contributed by atoms with Gasteiger partial charge in [-0.05, 0) is 24.9 Å². The minimum Gasteiger partial charge on any atom is -0.287 e. The smallest absolute Gasteiger partial charge is 0.194 e. The van der Waals surface area contributed by atoms with Gasteiger partial charge in [-0.2, -0.15) is 11.8 Å². The molecule has 0 atom stereocenters. The maximum Gasteiger partial charge on any atom is 0.194 e. The molecule has 0 aromatic rings. The first kappa shape index (κ1) is 13.4. The molecule has 0 radical (unpaired) electrons. The highest BCUT2D eigenvalue weighted by Crippen LogP contribution is 2.23. The summed E-state index contributed by atoms with van der Waals surface area (Å²) in [5.41, 5.74) is -0.176. The summed E-state index contributed by atoms with van der Waals surface area (Å²) in [7, 11) is 0. The molecule has 78 valence electrons. The monoisotopic (exact) mass is 220 g/mol. The lowest BCUT2D eigenvalue weighted by molar-refractivity contribution is -0.117. The van der Waals surface area contributed by atoms with Crippen LogP contribution in [0.3, 0.4) is 0 Å². The molecule has 1 nitrogen and oxygen atoms in total. The fourth-order valence-electron chi connectivity index (χ4n) is 0.730. The van der Waals surface area contributed by atoms with E-state index < -0.39 is 0 Å². The minimum absolute atomic E-state index is 0.176. The van der Waals surface area contributed by atoms with Gasteiger partial charge >= 0.3 is 0 Å². The lowest BCUT2D eigenvalue weighted by atomic mass is 10.00. The van der Waals surface area contributed by atoms with E-state index >= 15 is 0 Å². The van der Waals surface area contributed by atoms with Crippen molar-refractivity contribution in [3.8, 4) is 0 Å². The third-order valence-electron chi connectivity index (χ3n) is 1.59. The van der Waals surface area contributed by atoms with Gasteiger partial charge in [0.25, 0.3) is 0 Å². The summed E-state index contributed by atoms with van der Waals surface area (Å²) < 4.78 is 0. The van der Waals surface area contributed by atoms with Crippen LogP contribution in [0.4, 0.5) is 0 Å². The topological polar surface area (TPSA) is 17.1 Å². The van der Waals surface area contributed by atoms with E-state index in [0.717, 1.165) is 12.2 Å². The Labute approximate surface area is 90.4 Å². The van der Waals surface area contributed by atoms with Crippen LogP contribution in [0, 0.1) is 5.41 Å². The lowest BCUT2D eigenvalue weighted by Gasteiger charge is -2.15. The number of thioether (sulfide) groups is 2. The molecule has 0 aromatic carbocycles. The highest BCUT2D eigenvalue weighted by atomic mass is 32.2. The van der Waals surface area contributed by atoms with E-state index in [1.54, 1.807) is 0 Å². The molecule has 0 N–H and O–H groups in total. The van der Waals surface area contributed by atoms with Gasteiger partial charge in [-0.3, -0.25) is 4.79 Å². The fraction of sp³-hybridized carbons (Fsp3) is 0.900. The van der Waals surface area contributed by atoms with Crippen LogP contribution in [0.15, 0.2) is 0 Å². The zero-order valence-corrected chi connectivity index (χ0v) is 10.7. The van der Waals surface area contributed by atoms with Crippen molar-refractivity contribution in [2.45, 2.75) is 33.6 Å². The molecule has 0 aliphatic heterocycles. The molecule has 0 fully saturated rings. The number of carbonyl (C=O) groups excluding carboxylic acids is 1. The maximum absolute atomic E-state index is 11.5. The SMILES string of the molecule is CSCCCCSC(=O)C(C)(C)C. The van der Waals surface area contributed by atoms with Gasteiger partial charge < -0.3 is 0 Å². The van der Waals surface area contributed by atoms with Crippen molar-refractivity contribution in [3.63, 3.8) is 0 Å². The van der Waals surface area contributed by atoms with Crippen LogP contribution < -0.4 is 0 Å². The fourth-order valence-corrected chi connectivity index (χ4v) is 2.19. The Bertz CT molecular complexity index is 149. The van der Waals surface area contributed by atoms with Crippen molar-refractivity contribution in [1.82, 2.24) is 0 Å². The Balaban J connectivity index is 3.38. The van der Waals surface area contributed by atoms with E-state index in [2.05, 4.69) is 6.26 Å². The van der Waals surface area contributed by atoms with Gasteiger partial charge in [0.2, 0.25) is 0 Å². The second-order valence-corrected chi connectivity index (χ2v) is 6.14. The molecule has 0 unspecified atom stereocenters. The quantitative estimate of drug-likeness (QED) is 0.661. The second-order valence-electron chi connectivity index (χ2n) is 4.09. The predicted octanol–water partition coefficient (Wildman–Crippen LogP) is 3.44. The summed E-state index contributed by atoms with van der Waals surface area (Å²) in [5.74, 6) is 2.20. The van der Waals surface area contributed by atoms with Gasteiger partial charge in [-0.15, -0.1) is 0 Å². The average Bonchev–Trinajstić information content (AvgIpc) is 2.02. The molecule has 0 aliphatic rings. The lowest BCUT2D eigenvalue weighted by Crippen LogP contribution is -2.16. The standard InChI is InChI=1S/C10H20OS2/c1-10(2,3)9(11)13-8-6-5-7-12-4/h5-8H2,1-4H3. The summed E-state index contributed by atoms with van der Waals surface area (Å²) in [6.45, 7) is 5.93. The van der Waals surface area contributed by atoms with Gasteiger partial charge in [0.15, 0.2) is 5.12 Å². The van der Waals surface area contributed by atoms with Crippen LogP contribution in [-0.4, -0.2) is 22.9 Å². The minimum atomic E-state index is -0.176. The largest absolute Gasteiger partial charge is 0.287 e. The Morgan fingerprint density at radius 1 is 1.15 bits per heavy atom. The normalized spacial score (nSPS) is 11.7. The molecule has 0 saturated heterocycles. The van der Waals surface area contributed by atoms with E-state index in [1.807, 2.05) is 32.5 Å². The van der Waals surface area contributed by atoms with Crippen molar-refractivity contribution in [1.29, 1.82) is 0 Å². The van der Waals surface area contributed by atoms with Crippen LogP contribution in [0.5, 0.6) is 0 Å². The van der Waals surface area contributed by atoms with E-state index in [-0.39, 0.29) is 5.41 Å². The first-order valence-corrected chi connectivity index (χ1v) is 7.02. The molecule has 0 heterocycles. The van der Waals surface area contributed by atoms with E-state index in [9.17, 15) is 4.79 Å². The van der Waals surface area contributed by atoms with Crippen molar-refractivity contribution < 1.29 is 4.79 Å². The average molecular weight is 220 g/mol. The molecular weight excluding hydrogens is 200 g/mol. The predicted molar refractivity (Wildman–Crippen MR) is 64.5 cm³/mol. The molecule has 0 spiro atoms. The van der Waals surface area contributed by atoms with Crippen molar-refractivity contribution >= 4 is 28.6 Å². The number of hydrogen-bond acceptors (Lipinski definition) is 3. The van der Waals surface area contributed by atoms with Gasteiger partial charge in [-0.25, -0.2) is 0 Å². The zero-order valence-electron chi connectivity index (χ0n) is 9.05. The zero-order chi connectivity index (χ0) is 10.3. The van der Waals surface area contributed by atoms with Crippen molar-refractivity contribution in [2.24, 2.45) is 5.41 Å². The Morgan fingerprint density at radius 2 is 1.69 bits per heavy atom. The number of carbonyl (C=O) groups is 1. The van der Waals surface area contributed by atoms with Crippen LogP contribution >= 0.6 is 23.5 Å². The van der Waals surface area contributed by atoms with Crippen LogP contribution in [-0.2, 0) is 4.79 Å². The van der Waals surface area contributed by atoms with Crippen molar-refractivity contribution in [3.05, 3.63) is 0 Å². The summed E-state index contributed by atoms with van der Waals surface area (Å²) in [6.07, 6.45) is 4.51. The number of hydrogen-bond donors (Lipinski definition) is 0. The first-order valence-electron chi connectivity index (χ1n) is 4.64. The van der Waals surface area contributed by atoms with Gasteiger partial charge in [0.05, 0.1) is 0 Å². The van der Waals surface area contributed by atoms with Gasteiger partial charge in [0, 0.05) is 11.2 Å². The molecule has 0 rings (SSSR count). The van der Waals surface area contributed by atoms with Crippen LogP contribution in [0.1, 0.15) is 33.6 Å². The Morgan fingerprint density at radius 3 is 2.15 bits per heavy atom. The van der Waals surface area contributed by atoms with Gasteiger partial charge in [-0.1, -0.05) is 32.5 Å². The third-order valence-corrected chi connectivity index (χ3v) is 3.65. The molecule has 0 aromatic heterocycles. The van der Waals surface area contributed by atoms with E-state index in [0.29, 0.717) is 5.12 Å². The van der Waals surface area contributed by atoms with E-state index in [1.165, 1.54) is 23.9 Å². The highest BCUT2D eigenvalue weighted by Gasteiger charge is 2.20. The molecular formula is C10H20OS2. The number of unbranched alkanes of at least 4 members (excludes halogenated alkanes) is 1. The first-order chi connectivity index (χ1) is 5.98. The summed E-state index contributed by atoms with van der Waals surface area (Å²) in [4.78, 5) is 11.5. The summed E-state index contributed by atoms with van der Waals surface area (Å²) in [6, 6.07) is 0. The molecule has 0 saturated carbocycles. The Hall–Kier alpha value is 0.370. The maximum atomic E-state index is 11.5. The molecule has 13 heavy (non-hydrogen) atoms. The third kappa shape index (κ3) is 7.44. The van der Waals surface area contributed by atoms with Gasteiger partial charge in [0.1, 0.15) is 0 Å².